The van der Waals surface area contributed by atoms with Gasteiger partial charge in [0.05, 0.1) is 17.5 Å². The van der Waals surface area contributed by atoms with Crippen LogP contribution in [0, 0.1) is 0 Å². The van der Waals surface area contributed by atoms with E-state index in [1.54, 1.807) is 6.33 Å². The normalized spacial score (nSPS) is 10.3. The molecule has 0 unspecified atom stereocenters. The minimum absolute atomic E-state index is 0.389. The number of hydrogen-bond acceptors (Lipinski definition) is 2. The van der Waals surface area contributed by atoms with E-state index in [4.69, 9.17) is 0 Å². The van der Waals surface area contributed by atoms with Gasteiger partial charge in [-0.1, -0.05) is 6.07 Å². The zero-order valence-corrected chi connectivity index (χ0v) is 6.47. The third-order valence-corrected chi connectivity index (χ3v) is 1.80. The highest BCUT2D eigenvalue weighted by Gasteiger charge is 2.00. The summed E-state index contributed by atoms with van der Waals surface area (Å²) in [5, 5.41) is 0. The van der Waals surface area contributed by atoms with E-state index < -0.39 is 0 Å². The van der Waals surface area contributed by atoms with Crippen molar-refractivity contribution in [2.75, 3.05) is 0 Å². The SMILES string of the molecule is O=CCc1ncn2ccccc12. The number of fused-ring (bicyclic) bond motifs is 1. The predicted molar refractivity (Wildman–Crippen MR) is 45.0 cm³/mol. The Balaban J connectivity index is 2.62. The van der Waals surface area contributed by atoms with Crippen molar-refractivity contribution in [3.63, 3.8) is 0 Å². The summed E-state index contributed by atoms with van der Waals surface area (Å²) in [6.07, 6.45) is 4.89. The lowest BCUT2D eigenvalue weighted by Gasteiger charge is -1.91. The second-order valence-corrected chi connectivity index (χ2v) is 2.56. The van der Waals surface area contributed by atoms with E-state index in [1.807, 2.05) is 28.8 Å². The van der Waals surface area contributed by atoms with Gasteiger partial charge in [-0.3, -0.25) is 0 Å². The predicted octanol–water partition coefficient (Wildman–Crippen LogP) is 1.08. The molecule has 0 aliphatic rings. The molecule has 0 aliphatic carbocycles. The van der Waals surface area contributed by atoms with Crippen molar-refractivity contribution in [1.29, 1.82) is 0 Å². The molecule has 0 atom stereocenters. The minimum Gasteiger partial charge on any atom is -0.306 e. The number of carbonyl (C=O) groups excluding carboxylic acids is 1. The summed E-state index contributed by atoms with van der Waals surface area (Å²) in [6, 6.07) is 5.82. The van der Waals surface area contributed by atoms with E-state index in [2.05, 4.69) is 4.98 Å². The van der Waals surface area contributed by atoms with Gasteiger partial charge in [-0.2, -0.15) is 0 Å². The smallest absolute Gasteiger partial charge is 0.126 e. The first kappa shape index (κ1) is 7.03. The van der Waals surface area contributed by atoms with Gasteiger partial charge in [-0.15, -0.1) is 0 Å². The fourth-order valence-corrected chi connectivity index (χ4v) is 1.24. The van der Waals surface area contributed by atoms with Gasteiger partial charge in [0.1, 0.15) is 6.29 Å². The molecule has 2 aromatic heterocycles. The number of carbonyl (C=O) groups is 1. The number of aromatic nitrogens is 2. The van der Waals surface area contributed by atoms with Crippen LogP contribution in [0.5, 0.6) is 0 Å². The molecule has 0 bridgehead atoms. The lowest BCUT2D eigenvalue weighted by atomic mass is 10.3. The first-order valence-electron chi connectivity index (χ1n) is 3.76. The summed E-state index contributed by atoms with van der Waals surface area (Å²) in [7, 11) is 0. The molecule has 0 N–H and O–H groups in total. The molecule has 12 heavy (non-hydrogen) atoms. The first-order chi connectivity index (χ1) is 5.92. The third kappa shape index (κ3) is 0.993. The van der Waals surface area contributed by atoms with E-state index in [0.717, 1.165) is 17.5 Å². The number of nitrogens with zero attached hydrogens (tertiary/aromatic N) is 2. The lowest BCUT2D eigenvalue weighted by Crippen LogP contribution is -1.86. The highest BCUT2D eigenvalue weighted by molar-refractivity contribution is 5.62. The summed E-state index contributed by atoms with van der Waals surface area (Å²) in [4.78, 5) is 14.4. The Morgan fingerprint density at radius 1 is 1.50 bits per heavy atom. The summed E-state index contributed by atoms with van der Waals surface area (Å²) in [5.74, 6) is 0. The fraction of sp³-hybridized carbons (Fsp3) is 0.111. The molecule has 2 aromatic rings. The van der Waals surface area contributed by atoms with Gasteiger partial charge in [0, 0.05) is 12.6 Å². The zero-order valence-electron chi connectivity index (χ0n) is 6.47. The Labute approximate surface area is 69.7 Å². The van der Waals surface area contributed by atoms with Gasteiger partial charge in [-0.05, 0) is 12.1 Å². The number of imidazole rings is 1. The molecule has 0 saturated heterocycles. The van der Waals surface area contributed by atoms with Gasteiger partial charge >= 0.3 is 0 Å². The van der Waals surface area contributed by atoms with Crippen LogP contribution in [0.15, 0.2) is 30.7 Å². The molecular weight excluding hydrogens is 152 g/mol. The summed E-state index contributed by atoms with van der Waals surface area (Å²) in [5.41, 5.74) is 1.84. The monoisotopic (exact) mass is 160 g/mol. The topological polar surface area (TPSA) is 34.4 Å². The average molecular weight is 160 g/mol. The molecule has 2 rings (SSSR count). The van der Waals surface area contributed by atoms with Crippen molar-refractivity contribution in [1.82, 2.24) is 9.38 Å². The maximum absolute atomic E-state index is 10.3. The number of aldehydes is 1. The zero-order chi connectivity index (χ0) is 8.39. The third-order valence-electron chi connectivity index (χ3n) is 1.80. The van der Waals surface area contributed by atoms with Crippen molar-refractivity contribution in [3.8, 4) is 0 Å². The molecule has 3 heteroatoms. The van der Waals surface area contributed by atoms with E-state index in [0.29, 0.717) is 6.42 Å². The van der Waals surface area contributed by atoms with Gasteiger partial charge in [0.2, 0.25) is 0 Å². The van der Waals surface area contributed by atoms with Crippen molar-refractivity contribution in [3.05, 3.63) is 36.4 Å². The molecule has 0 aromatic carbocycles. The molecule has 0 radical (unpaired) electrons. The Kier molecular flexibility index (Phi) is 1.63. The summed E-state index contributed by atoms with van der Waals surface area (Å²) in [6.45, 7) is 0. The second-order valence-electron chi connectivity index (χ2n) is 2.56. The van der Waals surface area contributed by atoms with Crippen molar-refractivity contribution in [2.24, 2.45) is 0 Å². The number of rotatable bonds is 2. The van der Waals surface area contributed by atoms with Crippen LogP contribution in [-0.2, 0) is 11.2 Å². The van der Waals surface area contributed by atoms with Crippen LogP contribution in [0.25, 0.3) is 5.52 Å². The second kappa shape index (κ2) is 2.77. The lowest BCUT2D eigenvalue weighted by molar-refractivity contribution is -0.107. The van der Waals surface area contributed by atoms with Crippen molar-refractivity contribution < 1.29 is 4.79 Å². The average Bonchev–Trinajstić information content (AvgIpc) is 2.50. The Morgan fingerprint density at radius 2 is 2.42 bits per heavy atom. The van der Waals surface area contributed by atoms with Crippen LogP contribution in [0.4, 0.5) is 0 Å². The number of hydrogen-bond donors (Lipinski definition) is 0. The summed E-state index contributed by atoms with van der Waals surface area (Å²) >= 11 is 0. The highest BCUT2D eigenvalue weighted by atomic mass is 16.1. The quantitative estimate of drug-likeness (QED) is 0.616. The molecule has 0 spiro atoms. The molecule has 0 fully saturated rings. The molecule has 0 amide bonds. The van der Waals surface area contributed by atoms with Gasteiger partial charge in [-0.25, -0.2) is 4.98 Å². The maximum Gasteiger partial charge on any atom is 0.126 e. The molecule has 2 heterocycles. The standard InChI is InChI=1S/C9H8N2O/c12-6-4-8-9-3-1-2-5-11(9)7-10-8/h1-3,5-7H,4H2. The van der Waals surface area contributed by atoms with Crippen molar-refractivity contribution >= 4 is 11.8 Å². The van der Waals surface area contributed by atoms with Gasteiger partial charge in [0.15, 0.2) is 0 Å². The molecule has 60 valence electrons. The van der Waals surface area contributed by atoms with Crippen molar-refractivity contribution in [2.45, 2.75) is 6.42 Å². The van der Waals surface area contributed by atoms with E-state index >= 15 is 0 Å². The highest BCUT2D eigenvalue weighted by Crippen LogP contribution is 2.07. The molecular formula is C9H8N2O. The van der Waals surface area contributed by atoms with Crippen LogP contribution in [0.2, 0.25) is 0 Å². The Bertz CT molecular complexity index is 406. The summed E-state index contributed by atoms with van der Waals surface area (Å²) < 4.78 is 1.90. The van der Waals surface area contributed by atoms with E-state index in [9.17, 15) is 4.79 Å². The van der Waals surface area contributed by atoms with E-state index in [1.165, 1.54) is 0 Å². The fourth-order valence-electron chi connectivity index (χ4n) is 1.24. The van der Waals surface area contributed by atoms with Crippen LogP contribution >= 0.6 is 0 Å². The van der Waals surface area contributed by atoms with Crippen LogP contribution in [0.1, 0.15) is 5.69 Å². The van der Waals surface area contributed by atoms with E-state index in [-0.39, 0.29) is 0 Å². The number of pyridine rings is 1. The largest absolute Gasteiger partial charge is 0.306 e. The Hall–Kier alpha value is -1.64. The van der Waals surface area contributed by atoms with Gasteiger partial charge in [0.25, 0.3) is 0 Å². The van der Waals surface area contributed by atoms with Crippen LogP contribution < -0.4 is 0 Å². The van der Waals surface area contributed by atoms with Crippen LogP contribution in [0.3, 0.4) is 0 Å². The molecule has 3 nitrogen and oxygen atoms in total. The van der Waals surface area contributed by atoms with Crippen LogP contribution in [-0.4, -0.2) is 15.7 Å². The molecule has 0 saturated carbocycles. The minimum atomic E-state index is 0.389. The molecule has 0 aliphatic heterocycles. The Morgan fingerprint density at radius 3 is 3.25 bits per heavy atom. The van der Waals surface area contributed by atoms with Gasteiger partial charge < -0.3 is 9.20 Å². The first-order valence-corrected chi connectivity index (χ1v) is 3.76. The maximum atomic E-state index is 10.3.